The lowest BCUT2D eigenvalue weighted by Crippen LogP contribution is -2.46. The van der Waals surface area contributed by atoms with Crippen LogP contribution in [0.5, 0.6) is 0 Å². The van der Waals surface area contributed by atoms with Crippen molar-refractivity contribution in [1.29, 1.82) is 0 Å². The summed E-state index contributed by atoms with van der Waals surface area (Å²) in [5.41, 5.74) is 8.59. The van der Waals surface area contributed by atoms with Gasteiger partial charge in [-0.1, -0.05) is 26.0 Å². The first-order valence-corrected chi connectivity index (χ1v) is 7.52. The number of benzene rings is 1. The molecule has 1 atom stereocenters. The van der Waals surface area contributed by atoms with E-state index in [0.29, 0.717) is 12.0 Å². The van der Waals surface area contributed by atoms with Gasteiger partial charge in [0.25, 0.3) is 0 Å². The van der Waals surface area contributed by atoms with Gasteiger partial charge in [0.15, 0.2) is 0 Å². The fourth-order valence-corrected chi connectivity index (χ4v) is 3.32. The molecule has 1 heterocycles. The monoisotopic (exact) mass is 250 g/mol. The van der Waals surface area contributed by atoms with E-state index in [0.717, 1.165) is 18.8 Å². The lowest BCUT2D eigenvalue weighted by atomic mass is 10.0. The first kappa shape index (κ1) is 12.8. The minimum atomic E-state index is 0.499. The van der Waals surface area contributed by atoms with Crippen LogP contribution in [0, 0.1) is 0 Å². The molecule has 2 N–H and O–H groups in total. The molecule has 1 fully saturated rings. The normalized spacial score (nSPS) is 20.9. The Morgan fingerprint density at radius 2 is 2.06 bits per heavy atom. The molecule has 0 aromatic heterocycles. The Balaban J connectivity index is 2.15. The minimum absolute atomic E-state index is 0.499. The van der Waals surface area contributed by atoms with E-state index in [1.54, 1.807) is 0 Å². The molecule has 1 aliphatic rings. The van der Waals surface area contributed by atoms with Gasteiger partial charge in [0.05, 0.1) is 6.04 Å². The van der Waals surface area contributed by atoms with Crippen molar-refractivity contribution in [2.24, 2.45) is 5.73 Å². The van der Waals surface area contributed by atoms with Crippen LogP contribution in [0.1, 0.15) is 25.3 Å². The molecule has 0 saturated carbocycles. The van der Waals surface area contributed by atoms with E-state index in [9.17, 15) is 0 Å². The van der Waals surface area contributed by atoms with Crippen LogP contribution in [0.15, 0.2) is 24.3 Å². The molecule has 1 saturated heterocycles. The summed E-state index contributed by atoms with van der Waals surface area (Å²) >= 11 is 2.01. The fraction of sp³-hybridized carbons (Fsp3) is 0.571. The van der Waals surface area contributed by atoms with E-state index in [1.165, 1.54) is 17.0 Å². The second kappa shape index (κ2) is 5.78. The molecule has 0 bridgehead atoms. The van der Waals surface area contributed by atoms with Gasteiger partial charge in [-0.3, -0.25) is 0 Å². The number of nitrogens with two attached hydrogens (primary N) is 1. The van der Waals surface area contributed by atoms with Gasteiger partial charge in [0, 0.05) is 30.3 Å². The van der Waals surface area contributed by atoms with Crippen LogP contribution in [0.25, 0.3) is 0 Å². The van der Waals surface area contributed by atoms with Crippen LogP contribution < -0.4 is 10.6 Å². The van der Waals surface area contributed by atoms with E-state index in [-0.39, 0.29) is 0 Å². The van der Waals surface area contributed by atoms with E-state index >= 15 is 0 Å². The molecule has 0 radical (unpaired) electrons. The smallest absolute Gasteiger partial charge is 0.0503 e. The van der Waals surface area contributed by atoms with Crippen molar-refractivity contribution in [3.05, 3.63) is 29.8 Å². The SMILES string of the molecule is CC(C)c1ccc(N2CCSCC2CN)cc1. The molecule has 0 amide bonds. The summed E-state index contributed by atoms with van der Waals surface area (Å²) in [5, 5.41) is 0. The highest BCUT2D eigenvalue weighted by molar-refractivity contribution is 7.99. The lowest BCUT2D eigenvalue weighted by Gasteiger charge is -2.36. The number of hydrogen-bond donors (Lipinski definition) is 1. The van der Waals surface area contributed by atoms with E-state index < -0.39 is 0 Å². The first-order valence-electron chi connectivity index (χ1n) is 6.36. The van der Waals surface area contributed by atoms with Crippen molar-refractivity contribution in [2.75, 3.05) is 29.5 Å². The van der Waals surface area contributed by atoms with Crippen LogP contribution in [-0.2, 0) is 0 Å². The van der Waals surface area contributed by atoms with Crippen LogP contribution >= 0.6 is 11.8 Å². The van der Waals surface area contributed by atoms with Gasteiger partial charge in [0.2, 0.25) is 0 Å². The van der Waals surface area contributed by atoms with E-state index in [4.69, 9.17) is 5.73 Å². The molecule has 1 aliphatic heterocycles. The number of nitrogens with zero attached hydrogens (tertiary/aromatic N) is 1. The van der Waals surface area contributed by atoms with Crippen LogP contribution in [0.3, 0.4) is 0 Å². The minimum Gasteiger partial charge on any atom is -0.366 e. The molecular formula is C14H22N2S. The van der Waals surface area contributed by atoms with Gasteiger partial charge >= 0.3 is 0 Å². The van der Waals surface area contributed by atoms with Gasteiger partial charge < -0.3 is 10.6 Å². The molecule has 3 heteroatoms. The Hall–Kier alpha value is -0.670. The molecule has 0 spiro atoms. The third-order valence-corrected chi connectivity index (χ3v) is 4.48. The maximum Gasteiger partial charge on any atom is 0.0503 e. The zero-order chi connectivity index (χ0) is 12.3. The summed E-state index contributed by atoms with van der Waals surface area (Å²) in [4.78, 5) is 2.46. The predicted octanol–water partition coefficient (Wildman–Crippen LogP) is 2.69. The summed E-state index contributed by atoms with van der Waals surface area (Å²) in [6, 6.07) is 9.48. The molecular weight excluding hydrogens is 228 g/mol. The highest BCUT2D eigenvalue weighted by Gasteiger charge is 2.21. The average molecular weight is 250 g/mol. The zero-order valence-electron chi connectivity index (χ0n) is 10.7. The Bertz CT molecular complexity index is 348. The van der Waals surface area contributed by atoms with Crippen LogP contribution in [-0.4, -0.2) is 30.6 Å². The maximum atomic E-state index is 5.85. The van der Waals surface area contributed by atoms with Crippen molar-refractivity contribution in [3.63, 3.8) is 0 Å². The highest BCUT2D eigenvalue weighted by Crippen LogP contribution is 2.25. The summed E-state index contributed by atoms with van der Waals surface area (Å²) in [5.74, 6) is 2.97. The second-order valence-corrected chi connectivity index (χ2v) is 6.05. The van der Waals surface area contributed by atoms with Crippen molar-refractivity contribution >= 4 is 17.4 Å². The van der Waals surface area contributed by atoms with Gasteiger partial charge in [-0.2, -0.15) is 11.8 Å². The molecule has 1 aromatic carbocycles. The Morgan fingerprint density at radius 3 is 2.65 bits per heavy atom. The molecule has 94 valence electrons. The van der Waals surface area contributed by atoms with E-state index in [1.807, 2.05) is 11.8 Å². The van der Waals surface area contributed by atoms with Gasteiger partial charge in [-0.15, -0.1) is 0 Å². The molecule has 1 aromatic rings. The van der Waals surface area contributed by atoms with Crippen molar-refractivity contribution < 1.29 is 0 Å². The van der Waals surface area contributed by atoms with Gasteiger partial charge in [0.1, 0.15) is 0 Å². The highest BCUT2D eigenvalue weighted by atomic mass is 32.2. The number of anilines is 1. The zero-order valence-corrected chi connectivity index (χ0v) is 11.5. The van der Waals surface area contributed by atoms with Crippen molar-refractivity contribution in [1.82, 2.24) is 0 Å². The summed E-state index contributed by atoms with van der Waals surface area (Å²) < 4.78 is 0. The number of rotatable bonds is 3. The third-order valence-electron chi connectivity index (χ3n) is 3.39. The van der Waals surface area contributed by atoms with Crippen LogP contribution in [0.2, 0.25) is 0 Å². The topological polar surface area (TPSA) is 29.3 Å². The summed E-state index contributed by atoms with van der Waals surface area (Å²) in [7, 11) is 0. The standard InChI is InChI=1S/C14H22N2S/c1-11(2)12-3-5-13(6-4-12)16-7-8-17-10-14(16)9-15/h3-6,11,14H,7-10,15H2,1-2H3. The fourth-order valence-electron chi connectivity index (χ4n) is 2.24. The average Bonchev–Trinajstić information content (AvgIpc) is 2.39. The quantitative estimate of drug-likeness (QED) is 0.894. The lowest BCUT2D eigenvalue weighted by molar-refractivity contribution is 0.655. The Labute approximate surface area is 109 Å². The van der Waals surface area contributed by atoms with Crippen molar-refractivity contribution in [2.45, 2.75) is 25.8 Å². The number of hydrogen-bond acceptors (Lipinski definition) is 3. The molecule has 17 heavy (non-hydrogen) atoms. The van der Waals surface area contributed by atoms with E-state index in [2.05, 4.69) is 43.0 Å². The van der Waals surface area contributed by atoms with Crippen LogP contribution in [0.4, 0.5) is 5.69 Å². The summed E-state index contributed by atoms with van der Waals surface area (Å²) in [6.07, 6.45) is 0. The molecule has 0 aliphatic carbocycles. The maximum absolute atomic E-state index is 5.85. The molecule has 2 rings (SSSR count). The predicted molar refractivity (Wildman–Crippen MR) is 78.0 cm³/mol. The molecule has 1 unspecified atom stereocenters. The second-order valence-electron chi connectivity index (χ2n) is 4.90. The Morgan fingerprint density at radius 1 is 1.35 bits per heavy atom. The summed E-state index contributed by atoms with van der Waals surface area (Å²) in [6.45, 7) is 6.33. The first-order chi connectivity index (χ1) is 8.22. The molecule has 2 nitrogen and oxygen atoms in total. The Kier molecular flexibility index (Phi) is 4.35. The third kappa shape index (κ3) is 2.96. The van der Waals surface area contributed by atoms with Gasteiger partial charge in [-0.25, -0.2) is 0 Å². The largest absolute Gasteiger partial charge is 0.366 e. The number of thioether (sulfide) groups is 1. The van der Waals surface area contributed by atoms with Crippen molar-refractivity contribution in [3.8, 4) is 0 Å². The van der Waals surface area contributed by atoms with Gasteiger partial charge in [-0.05, 0) is 23.6 Å².